The van der Waals surface area contributed by atoms with E-state index in [1.54, 1.807) is 0 Å². The number of carbonyl (C=O) groups excluding carboxylic acids is 2. The van der Waals surface area contributed by atoms with Crippen LogP contribution >= 0.6 is 0 Å². The molecule has 0 aliphatic heterocycles. The molecule has 2 rings (SSSR count). The molecule has 0 spiro atoms. The average Bonchev–Trinajstić information content (AvgIpc) is 2.92. The lowest BCUT2D eigenvalue weighted by Crippen LogP contribution is -2.45. The van der Waals surface area contributed by atoms with E-state index in [1.165, 1.54) is 30.3 Å². The molecule has 0 saturated heterocycles. The summed E-state index contributed by atoms with van der Waals surface area (Å²) in [4.78, 5) is 24.2. The molecular weight excluding hydrogens is 581 g/mol. The SMILES string of the molecule is CCOCCOCCC(=O)NCCNc1ccc(S(=O)(=O)CC(C)(O)C(=O)Nc2ccc(C#N)c(C(F)(F)F)c2)cc1. The van der Waals surface area contributed by atoms with Crippen LogP contribution < -0.4 is 16.0 Å². The third kappa shape index (κ3) is 10.9. The molecule has 2 aromatic rings. The zero-order valence-electron chi connectivity index (χ0n) is 23.1. The molecule has 230 valence electrons. The molecule has 0 saturated carbocycles. The lowest BCUT2D eigenvalue weighted by molar-refractivity contribution is -0.138. The molecule has 2 aromatic carbocycles. The van der Waals surface area contributed by atoms with Crippen LogP contribution in [-0.2, 0) is 35.1 Å². The number of hydrogen-bond acceptors (Lipinski definition) is 9. The van der Waals surface area contributed by atoms with Crippen molar-refractivity contribution >= 4 is 33.0 Å². The highest BCUT2D eigenvalue weighted by Gasteiger charge is 2.38. The van der Waals surface area contributed by atoms with Gasteiger partial charge in [-0.15, -0.1) is 0 Å². The van der Waals surface area contributed by atoms with Crippen molar-refractivity contribution in [3.8, 4) is 6.07 Å². The van der Waals surface area contributed by atoms with Crippen molar-refractivity contribution in [2.24, 2.45) is 0 Å². The summed E-state index contributed by atoms with van der Waals surface area (Å²) in [6.07, 6.45) is -4.67. The quantitative estimate of drug-likeness (QED) is 0.208. The van der Waals surface area contributed by atoms with Crippen molar-refractivity contribution in [3.05, 3.63) is 53.6 Å². The predicted octanol–water partition coefficient (Wildman–Crippen LogP) is 2.71. The number of nitrogens with zero attached hydrogens (tertiary/aromatic N) is 1. The molecule has 15 heteroatoms. The van der Waals surface area contributed by atoms with Gasteiger partial charge in [-0.1, -0.05) is 0 Å². The van der Waals surface area contributed by atoms with Gasteiger partial charge in [0.1, 0.15) is 0 Å². The summed E-state index contributed by atoms with van der Waals surface area (Å²) in [7, 11) is -4.21. The maximum atomic E-state index is 13.2. The Balaban J connectivity index is 1.88. The minimum atomic E-state index is -4.87. The predicted molar refractivity (Wildman–Crippen MR) is 147 cm³/mol. The zero-order valence-corrected chi connectivity index (χ0v) is 23.9. The number of nitrogens with one attached hydrogen (secondary N) is 3. The molecule has 0 aromatic heterocycles. The molecule has 11 nitrogen and oxygen atoms in total. The standard InChI is InChI=1S/C27H33F3N4O7S/c1-3-40-14-15-41-13-10-24(35)33-12-11-32-20-6-8-22(9-7-20)42(38,39)18-26(2,37)25(36)34-21-5-4-19(17-31)23(16-21)27(28,29)30/h4-9,16,32,37H,3,10-15,18H2,1-2H3,(H,33,35)(H,34,36). The summed E-state index contributed by atoms with van der Waals surface area (Å²) < 4.78 is 75.8. The Bertz CT molecular complexity index is 1360. The van der Waals surface area contributed by atoms with Gasteiger partial charge in [0.2, 0.25) is 5.91 Å². The number of ether oxygens (including phenoxy) is 2. The Kier molecular flexibility index (Phi) is 12.7. The largest absolute Gasteiger partial charge is 0.417 e. The van der Waals surface area contributed by atoms with E-state index in [0.29, 0.717) is 44.7 Å². The molecule has 1 atom stereocenters. The molecule has 0 radical (unpaired) electrons. The second-order valence-corrected chi connectivity index (χ2v) is 11.2. The number of amides is 2. The number of nitriles is 1. The van der Waals surface area contributed by atoms with Crippen molar-refractivity contribution in [1.82, 2.24) is 5.32 Å². The van der Waals surface area contributed by atoms with Gasteiger partial charge in [-0.25, -0.2) is 8.42 Å². The van der Waals surface area contributed by atoms with Gasteiger partial charge < -0.3 is 30.5 Å². The molecule has 0 aliphatic rings. The normalized spacial score (nSPS) is 13.1. The van der Waals surface area contributed by atoms with E-state index in [4.69, 9.17) is 14.7 Å². The summed E-state index contributed by atoms with van der Waals surface area (Å²) in [5, 5.41) is 27.3. The first-order valence-electron chi connectivity index (χ1n) is 12.8. The number of alkyl halides is 3. The highest BCUT2D eigenvalue weighted by molar-refractivity contribution is 7.91. The number of aliphatic hydroxyl groups is 1. The number of rotatable bonds is 16. The zero-order chi connectivity index (χ0) is 31.4. The van der Waals surface area contributed by atoms with Gasteiger partial charge in [-0.05, 0) is 56.3 Å². The lowest BCUT2D eigenvalue weighted by atomic mass is 10.1. The van der Waals surface area contributed by atoms with E-state index in [0.717, 1.165) is 19.1 Å². The number of halogens is 3. The summed E-state index contributed by atoms with van der Waals surface area (Å²) >= 11 is 0. The van der Waals surface area contributed by atoms with Gasteiger partial charge in [-0.3, -0.25) is 9.59 Å². The van der Waals surface area contributed by atoms with Gasteiger partial charge in [0, 0.05) is 37.5 Å². The first-order valence-corrected chi connectivity index (χ1v) is 14.5. The van der Waals surface area contributed by atoms with E-state index in [2.05, 4.69) is 16.0 Å². The Labute approximate surface area is 241 Å². The highest BCUT2D eigenvalue weighted by Crippen LogP contribution is 2.33. The van der Waals surface area contributed by atoms with Gasteiger partial charge in [0.05, 0.1) is 47.7 Å². The fourth-order valence-electron chi connectivity index (χ4n) is 3.55. The van der Waals surface area contributed by atoms with Crippen LogP contribution in [0.4, 0.5) is 24.5 Å². The molecule has 0 fully saturated rings. The number of hydrogen-bond donors (Lipinski definition) is 4. The van der Waals surface area contributed by atoms with Crippen LogP contribution in [0.2, 0.25) is 0 Å². The number of anilines is 2. The molecule has 2 amide bonds. The minimum Gasteiger partial charge on any atom is -0.383 e. The summed E-state index contributed by atoms with van der Waals surface area (Å²) in [5.41, 5.74) is -4.28. The van der Waals surface area contributed by atoms with E-state index < -0.39 is 44.4 Å². The van der Waals surface area contributed by atoms with Crippen LogP contribution in [-0.4, -0.2) is 76.2 Å². The lowest BCUT2D eigenvalue weighted by Gasteiger charge is -2.22. The van der Waals surface area contributed by atoms with Crippen molar-refractivity contribution < 1.29 is 45.8 Å². The molecule has 42 heavy (non-hydrogen) atoms. The Morgan fingerprint density at radius 2 is 1.64 bits per heavy atom. The van der Waals surface area contributed by atoms with Crippen LogP contribution in [0.15, 0.2) is 47.4 Å². The molecule has 0 heterocycles. The van der Waals surface area contributed by atoms with Gasteiger partial charge in [0.25, 0.3) is 5.91 Å². The summed E-state index contributed by atoms with van der Waals surface area (Å²) in [6.45, 7) is 5.19. The Morgan fingerprint density at radius 1 is 1.00 bits per heavy atom. The smallest absolute Gasteiger partial charge is 0.383 e. The number of sulfone groups is 1. The second kappa shape index (κ2) is 15.5. The monoisotopic (exact) mass is 614 g/mol. The fraction of sp³-hybridized carbons (Fsp3) is 0.444. The van der Waals surface area contributed by atoms with Gasteiger partial charge in [-0.2, -0.15) is 18.4 Å². The van der Waals surface area contributed by atoms with E-state index in [1.807, 2.05) is 6.92 Å². The van der Waals surface area contributed by atoms with Crippen LogP contribution in [0.1, 0.15) is 31.4 Å². The van der Waals surface area contributed by atoms with Crippen LogP contribution in [0.3, 0.4) is 0 Å². The molecule has 0 aliphatic carbocycles. The van der Waals surface area contributed by atoms with Crippen LogP contribution in [0.25, 0.3) is 0 Å². The number of carbonyl (C=O) groups is 2. The third-order valence-corrected chi connectivity index (χ3v) is 7.64. The first kappa shape index (κ1) is 34.5. The Hall–Kier alpha value is -3.71. The highest BCUT2D eigenvalue weighted by atomic mass is 32.2. The Morgan fingerprint density at radius 3 is 2.26 bits per heavy atom. The second-order valence-electron chi connectivity index (χ2n) is 9.22. The molecule has 0 bridgehead atoms. The topological polar surface area (TPSA) is 167 Å². The first-order chi connectivity index (χ1) is 19.7. The van der Waals surface area contributed by atoms with Crippen LogP contribution in [0.5, 0.6) is 0 Å². The fourth-order valence-corrected chi connectivity index (χ4v) is 5.13. The van der Waals surface area contributed by atoms with Crippen molar-refractivity contribution in [2.75, 3.05) is 55.9 Å². The van der Waals surface area contributed by atoms with E-state index in [9.17, 15) is 36.3 Å². The maximum absolute atomic E-state index is 13.2. The van der Waals surface area contributed by atoms with Crippen molar-refractivity contribution in [3.63, 3.8) is 0 Å². The summed E-state index contributed by atoms with van der Waals surface area (Å²) in [6, 6.07) is 9.28. The summed E-state index contributed by atoms with van der Waals surface area (Å²) in [5.74, 6) is -2.49. The molecule has 1 unspecified atom stereocenters. The van der Waals surface area contributed by atoms with E-state index in [-0.39, 0.29) is 29.5 Å². The van der Waals surface area contributed by atoms with E-state index >= 15 is 0 Å². The molecule has 4 N–H and O–H groups in total. The minimum absolute atomic E-state index is 0.189. The van der Waals surface area contributed by atoms with Crippen LogP contribution in [0, 0.1) is 11.3 Å². The molecular formula is C27H33F3N4O7S. The number of benzene rings is 2. The van der Waals surface area contributed by atoms with Gasteiger partial charge in [0.15, 0.2) is 15.4 Å². The third-order valence-electron chi connectivity index (χ3n) is 5.70. The van der Waals surface area contributed by atoms with Gasteiger partial charge >= 0.3 is 6.18 Å². The average molecular weight is 615 g/mol. The van der Waals surface area contributed by atoms with Crippen molar-refractivity contribution in [2.45, 2.75) is 36.9 Å². The van der Waals surface area contributed by atoms with Crippen molar-refractivity contribution in [1.29, 1.82) is 5.26 Å². The maximum Gasteiger partial charge on any atom is 0.417 e.